The molecule has 7 atom stereocenters. The largest absolute Gasteiger partial charge is 0.382 e. The van der Waals surface area contributed by atoms with E-state index < -0.39 is 11.8 Å². The predicted octanol–water partition coefficient (Wildman–Crippen LogP) is 5.20. The average Bonchev–Trinajstić information content (AvgIpc) is 2.75. The summed E-state index contributed by atoms with van der Waals surface area (Å²) in [4.78, 5) is 0. The Kier molecular flexibility index (Phi) is 3.41. The van der Waals surface area contributed by atoms with Crippen molar-refractivity contribution < 1.29 is 9.50 Å². The van der Waals surface area contributed by atoms with Crippen LogP contribution in [0.2, 0.25) is 0 Å². The van der Waals surface area contributed by atoms with Crippen molar-refractivity contribution in [2.24, 2.45) is 28.6 Å². The lowest BCUT2D eigenvalue weighted by Gasteiger charge is -2.58. The predicted molar refractivity (Wildman–Crippen MR) is 91.7 cm³/mol. The van der Waals surface area contributed by atoms with Crippen molar-refractivity contribution in [2.75, 3.05) is 0 Å². The lowest BCUT2D eigenvalue weighted by Crippen LogP contribution is -2.54. The minimum absolute atomic E-state index is 0.288. The molecule has 4 aliphatic rings. The molecule has 0 amide bonds. The third-order valence-corrected chi connectivity index (χ3v) is 8.57. The van der Waals surface area contributed by atoms with Crippen LogP contribution in [0, 0.1) is 28.6 Å². The van der Waals surface area contributed by atoms with Gasteiger partial charge in [0.05, 0.1) is 0 Å². The molecular formula is C21H31FO. The van der Waals surface area contributed by atoms with Gasteiger partial charge in [-0.2, -0.15) is 0 Å². The highest BCUT2D eigenvalue weighted by atomic mass is 19.1. The second kappa shape index (κ2) is 4.94. The second-order valence-electron chi connectivity index (χ2n) is 9.16. The molecule has 0 spiro atoms. The van der Waals surface area contributed by atoms with Crippen molar-refractivity contribution in [2.45, 2.75) is 77.0 Å². The summed E-state index contributed by atoms with van der Waals surface area (Å²) in [6.45, 7) is 8.38. The highest BCUT2D eigenvalue weighted by Crippen LogP contribution is 2.67. The van der Waals surface area contributed by atoms with Crippen LogP contribution in [0.1, 0.15) is 65.2 Å². The molecule has 0 aromatic heterocycles. The van der Waals surface area contributed by atoms with Crippen molar-refractivity contribution in [3.05, 3.63) is 24.3 Å². The number of rotatable bonds is 1. The Morgan fingerprint density at radius 1 is 1.26 bits per heavy atom. The van der Waals surface area contributed by atoms with Gasteiger partial charge in [-0.15, -0.1) is 6.58 Å². The van der Waals surface area contributed by atoms with Crippen LogP contribution in [0.4, 0.5) is 4.39 Å². The lowest BCUT2D eigenvalue weighted by atomic mass is 9.47. The van der Waals surface area contributed by atoms with Gasteiger partial charge in [-0.3, -0.25) is 0 Å². The van der Waals surface area contributed by atoms with Crippen molar-refractivity contribution in [1.82, 2.24) is 0 Å². The van der Waals surface area contributed by atoms with E-state index in [2.05, 4.69) is 26.5 Å². The molecule has 0 aliphatic heterocycles. The fraction of sp³-hybridized carbons (Fsp3) is 0.810. The van der Waals surface area contributed by atoms with Gasteiger partial charge in [-0.25, -0.2) is 4.39 Å². The molecule has 0 aromatic rings. The molecular weight excluding hydrogens is 287 g/mol. The molecule has 0 heterocycles. The Morgan fingerprint density at radius 2 is 2.04 bits per heavy atom. The van der Waals surface area contributed by atoms with Gasteiger partial charge in [0.25, 0.3) is 0 Å². The Hall–Kier alpha value is -0.630. The van der Waals surface area contributed by atoms with Crippen molar-refractivity contribution >= 4 is 0 Å². The molecule has 3 fully saturated rings. The maximum absolute atomic E-state index is 14.8. The number of fused-ring (bicyclic) bond motifs is 5. The van der Waals surface area contributed by atoms with Crippen LogP contribution in [-0.2, 0) is 0 Å². The van der Waals surface area contributed by atoms with Crippen LogP contribution in [0.15, 0.2) is 24.3 Å². The van der Waals surface area contributed by atoms with Gasteiger partial charge in [0.2, 0.25) is 0 Å². The third-order valence-electron chi connectivity index (χ3n) is 8.57. The zero-order chi connectivity index (χ0) is 16.5. The summed E-state index contributed by atoms with van der Waals surface area (Å²) in [7, 11) is 0. The molecule has 3 saturated carbocycles. The Morgan fingerprint density at radius 3 is 2.78 bits per heavy atom. The molecule has 0 saturated heterocycles. The number of hydrogen-bond acceptors (Lipinski definition) is 1. The summed E-state index contributed by atoms with van der Waals surface area (Å²) >= 11 is 0. The first-order valence-corrected chi connectivity index (χ1v) is 9.56. The van der Waals surface area contributed by atoms with Crippen LogP contribution in [0.5, 0.6) is 0 Å². The van der Waals surface area contributed by atoms with E-state index in [1.54, 1.807) is 5.57 Å². The summed E-state index contributed by atoms with van der Waals surface area (Å²) in [6, 6.07) is 0. The van der Waals surface area contributed by atoms with Gasteiger partial charge >= 0.3 is 0 Å². The second-order valence-corrected chi connectivity index (χ2v) is 9.16. The van der Waals surface area contributed by atoms with E-state index in [1.807, 2.05) is 0 Å². The molecule has 0 aromatic carbocycles. The summed E-state index contributed by atoms with van der Waals surface area (Å²) < 4.78 is 14.8. The zero-order valence-electron chi connectivity index (χ0n) is 14.7. The van der Waals surface area contributed by atoms with E-state index in [1.165, 1.54) is 31.8 Å². The van der Waals surface area contributed by atoms with Crippen molar-refractivity contribution in [3.63, 3.8) is 0 Å². The number of aliphatic hydroxyl groups is 1. The smallest absolute Gasteiger partial charge is 0.133 e. The first-order chi connectivity index (χ1) is 10.9. The molecule has 0 radical (unpaired) electrons. The first kappa shape index (κ1) is 15.9. The highest BCUT2D eigenvalue weighted by Gasteiger charge is 2.66. The fourth-order valence-corrected chi connectivity index (χ4v) is 7.07. The van der Waals surface area contributed by atoms with E-state index in [0.717, 1.165) is 19.3 Å². The Bertz CT molecular complexity index is 554. The monoisotopic (exact) mass is 318 g/mol. The topological polar surface area (TPSA) is 20.2 Å². The third kappa shape index (κ3) is 1.82. The maximum atomic E-state index is 14.8. The quantitative estimate of drug-likeness (QED) is 0.658. The number of alkyl halides is 1. The summed E-state index contributed by atoms with van der Waals surface area (Å²) in [5.74, 6) is 1.50. The number of halogens is 1. The molecule has 23 heavy (non-hydrogen) atoms. The van der Waals surface area contributed by atoms with Crippen LogP contribution < -0.4 is 0 Å². The lowest BCUT2D eigenvalue weighted by molar-refractivity contribution is -0.111. The zero-order valence-corrected chi connectivity index (χ0v) is 14.7. The summed E-state index contributed by atoms with van der Waals surface area (Å²) in [5.41, 5.74) is 0.344. The Balaban J connectivity index is 1.73. The van der Waals surface area contributed by atoms with Gasteiger partial charge in [0, 0.05) is 5.41 Å². The van der Waals surface area contributed by atoms with E-state index in [0.29, 0.717) is 23.7 Å². The van der Waals surface area contributed by atoms with Crippen LogP contribution >= 0.6 is 0 Å². The maximum Gasteiger partial charge on any atom is 0.133 e. The van der Waals surface area contributed by atoms with Gasteiger partial charge in [-0.1, -0.05) is 38.0 Å². The van der Waals surface area contributed by atoms with Crippen molar-refractivity contribution in [3.8, 4) is 0 Å². The minimum atomic E-state index is -1.33. The molecule has 0 unspecified atom stereocenters. The van der Waals surface area contributed by atoms with Gasteiger partial charge in [0.1, 0.15) is 11.8 Å². The average molecular weight is 318 g/mol. The number of hydrogen-bond donors (Lipinski definition) is 1. The van der Waals surface area contributed by atoms with Crippen LogP contribution in [0.25, 0.3) is 0 Å². The molecule has 1 N–H and O–H groups in total. The van der Waals surface area contributed by atoms with Gasteiger partial charge in [-0.05, 0) is 68.1 Å². The van der Waals surface area contributed by atoms with Crippen LogP contribution in [0.3, 0.4) is 0 Å². The summed E-state index contributed by atoms with van der Waals surface area (Å²) in [5, 5.41) is 11.0. The van der Waals surface area contributed by atoms with E-state index in [9.17, 15) is 9.50 Å². The van der Waals surface area contributed by atoms with Crippen LogP contribution in [-0.4, -0.2) is 16.9 Å². The minimum Gasteiger partial charge on any atom is -0.382 e. The fourth-order valence-electron chi connectivity index (χ4n) is 7.07. The standard InChI is InChI=1S/C21H31FO/c1-4-21(23)18(22)13-17-15-9-8-14-7-5-6-11-19(14,2)16(15)10-12-20(17,21)3/h4,8,15-18,23H,1,5-7,9-13H2,2-3H3/t15-,16+,17+,18-,19+,20+,21-/m1/s1. The molecule has 128 valence electrons. The molecule has 0 bridgehead atoms. The molecule has 4 rings (SSSR count). The van der Waals surface area contributed by atoms with Gasteiger partial charge < -0.3 is 5.11 Å². The van der Waals surface area contributed by atoms with E-state index in [-0.39, 0.29) is 11.3 Å². The van der Waals surface area contributed by atoms with Gasteiger partial charge in [0.15, 0.2) is 0 Å². The van der Waals surface area contributed by atoms with Crippen molar-refractivity contribution in [1.29, 1.82) is 0 Å². The first-order valence-electron chi connectivity index (χ1n) is 9.56. The molecule has 1 nitrogen and oxygen atoms in total. The van der Waals surface area contributed by atoms with E-state index in [4.69, 9.17) is 0 Å². The summed E-state index contributed by atoms with van der Waals surface area (Å²) in [6.07, 6.45) is 11.8. The highest BCUT2D eigenvalue weighted by molar-refractivity contribution is 5.27. The normalized spacial score (nSPS) is 55.4. The number of allylic oxidation sites excluding steroid dienone is 2. The SMILES string of the molecule is C=C[C@@]1(O)[C@H](F)C[C@H]2[C@@H]3CC=C4CCCC[C@]4(C)[C@H]3CC[C@@]21C. The Labute approximate surface area is 140 Å². The molecule has 4 aliphatic carbocycles. The van der Waals surface area contributed by atoms with E-state index >= 15 is 0 Å². The molecule has 2 heteroatoms.